The summed E-state index contributed by atoms with van der Waals surface area (Å²) in [7, 11) is -2.89. The van der Waals surface area contributed by atoms with E-state index in [1.165, 1.54) is 0 Å². The Bertz CT molecular complexity index is 460. The molecule has 1 atom stereocenters. The van der Waals surface area contributed by atoms with Crippen LogP contribution < -0.4 is 5.73 Å². The SMILES string of the molecule is CCS(=O)(=O)CCCC(N)c1ccnc(C)n1. The summed E-state index contributed by atoms with van der Waals surface area (Å²) in [6.45, 7) is 3.46. The van der Waals surface area contributed by atoms with Gasteiger partial charge in [0, 0.05) is 18.0 Å². The van der Waals surface area contributed by atoms with Crippen molar-refractivity contribution in [3.05, 3.63) is 23.8 Å². The number of sulfone groups is 1. The largest absolute Gasteiger partial charge is 0.323 e. The van der Waals surface area contributed by atoms with Crippen LogP contribution in [0.4, 0.5) is 0 Å². The zero-order valence-corrected chi connectivity index (χ0v) is 11.1. The van der Waals surface area contributed by atoms with E-state index in [1.54, 1.807) is 26.1 Å². The van der Waals surface area contributed by atoms with Crippen molar-refractivity contribution < 1.29 is 8.42 Å². The van der Waals surface area contributed by atoms with Gasteiger partial charge in [-0.1, -0.05) is 6.92 Å². The van der Waals surface area contributed by atoms with Crippen molar-refractivity contribution in [3.63, 3.8) is 0 Å². The van der Waals surface area contributed by atoms with Gasteiger partial charge in [-0.25, -0.2) is 18.4 Å². The molecule has 0 saturated heterocycles. The lowest BCUT2D eigenvalue weighted by atomic mass is 10.1. The van der Waals surface area contributed by atoms with E-state index in [0.29, 0.717) is 18.7 Å². The second-order valence-electron chi connectivity index (χ2n) is 4.01. The van der Waals surface area contributed by atoms with Gasteiger partial charge in [0.05, 0.1) is 11.4 Å². The van der Waals surface area contributed by atoms with Gasteiger partial charge in [-0.05, 0) is 25.8 Å². The Morgan fingerprint density at radius 1 is 1.47 bits per heavy atom. The van der Waals surface area contributed by atoms with E-state index in [1.807, 2.05) is 0 Å². The molecule has 1 unspecified atom stereocenters. The molecule has 2 N–H and O–H groups in total. The predicted octanol–water partition coefficient (Wildman–Crippen LogP) is 1.000. The molecule has 0 aliphatic carbocycles. The summed E-state index contributed by atoms with van der Waals surface area (Å²) in [5.41, 5.74) is 6.72. The molecule has 96 valence electrons. The van der Waals surface area contributed by atoms with Gasteiger partial charge in [0.15, 0.2) is 0 Å². The number of hydrogen-bond acceptors (Lipinski definition) is 5. The third-order valence-corrected chi connectivity index (χ3v) is 4.38. The average molecular weight is 257 g/mol. The number of nitrogens with two attached hydrogens (primary N) is 1. The molecule has 1 rings (SSSR count). The first-order valence-electron chi connectivity index (χ1n) is 5.70. The Morgan fingerprint density at radius 3 is 2.76 bits per heavy atom. The highest BCUT2D eigenvalue weighted by atomic mass is 32.2. The molecule has 0 spiro atoms. The van der Waals surface area contributed by atoms with Crippen molar-refractivity contribution in [1.29, 1.82) is 0 Å². The summed E-state index contributed by atoms with van der Waals surface area (Å²) in [6.07, 6.45) is 2.86. The topological polar surface area (TPSA) is 85.9 Å². The van der Waals surface area contributed by atoms with Gasteiger partial charge in [0.25, 0.3) is 0 Å². The van der Waals surface area contributed by atoms with Crippen molar-refractivity contribution in [1.82, 2.24) is 9.97 Å². The molecule has 0 bridgehead atoms. The summed E-state index contributed by atoms with van der Waals surface area (Å²) in [5.74, 6) is 1.06. The minimum Gasteiger partial charge on any atom is -0.323 e. The third kappa shape index (κ3) is 4.79. The molecule has 0 amide bonds. The van der Waals surface area contributed by atoms with E-state index in [4.69, 9.17) is 5.73 Å². The fourth-order valence-corrected chi connectivity index (χ4v) is 2.39. The molecule has 0 fully saturated rings. The van der Waals surface area contributed by atoms with Crippen LogP contribution in [0.5, 0.6) is 0 Å². The van der Waals surface area contributed by atoms with Crippen LogP contribution in [-0.2, 0) is 9.84 Å². The minimum absolute atomic E-state index is 0.189. The Hall–Kier alpha value is -1.01. The van der Waals surface area contributed by atoms with Gasteiger partial charge in [0.1, 0.15) is 15.7 Å². The Labute approximate surface area is 102 Å². The number of hydrogen-bond donors (Lipinski definition) is 1. The summed E-state index contributed by atoms with van der Waals surface area (Å²) in [6, 6.07) is 1.55. The molecule has 0 radical (unpaired) electrons. The summed E-state index contributed by atoms with van der Waals surface area (Å²) in [5, 5.41) is 0. The molecule has 5 nitrogen and oxygen atoms in total. The molecular weight excluding hydrogens is 238 g/mol. The Morgan fingerprint density at radius 2 is 2.18 bits per heavy atom. The van der Waals surface area contributed by atoms with Gasteiger partial charge in [-0.2, -0.15) is 0 Å². The molecule has 1 aromatic heterocycles. The van der Waals surface area contributed by atoms with E-state index >= 15 is 0 Å². The molecule has 0 aromatic carbocycles. The number of nitrogens with zero attached hydrogens (tertiary/aromatic N) is 2. The predicted molar refractivity (Wildman–Crippen MR) is 67.3 cm³/mol. The molecule has 1 aromatic rings. The van der Waals surface area contributed by atoms with Crippen LogP contribution in [0.15, 0.2) is 12.3 Å². The Balaban J connectivity index is 2.48. The van der Waals surface area contributed by atoms with Crippen LogP contribution in [0, 0.1) is 6.92 Å². The van der Waals surface area contributed by atoms with Crippen LogP contribution in [0.3, 0.4) is 0 Å². The maximum absolute atomic E-state index is 11.3. The number of rotatable bonds is 6. The minimum atomic E-state index is -2.89. The highest BCUT2D eigenvalue weighted by Crippen LogP contribution is 2.13. The van der Waals surface area contributed by atoms with E-state index in [9.17, 15) is 8.42 Å². The summed E-state index contributed by atoms with van der Waals surface area (Å²) >= 11 is 0. The highest BCUT2D eigenvalue weighted by Gasteiger charge is 2.11. The van der Waals surface area contributed by atoms with Crippen molar-refractivity contribution in [2.24, 2.45) is 5.73 Å². The average Bonchev–Trinajstić information content (AvgIpc) is 2.28. The van der Waals surface area contributed by atoms with Gasteiger partial charge >= 0.3 is 0 Å². The zero-order valence-electron chi connectivity index (χ0n) is 10.3. The quantitative estimate of drug-likeness (QED) is 0.821. The molecule has 1 heterocycles. The lowest BCUT2D eigenvalue weighted by Crippen LogP contribution is -2.15. The monoisotopic (exact) mass is 257 g/mol. The Kier molecular flexibility index (Phi) is 5.02. The first kappa shape index (κ1) is 14.1. The van der Waals surface area contributed by atoms with Crippen LogP contribution in [0.25, 0.3) is 0 Å². The van der Waals surface area contributed by atoms with Crippen LogP contribution >= 0.6 is 0 Å². The third-order valence-electron chi connectivity index (χ3n) is 2.59. The van der Waals surface area contributed by atoms with Crippen LogP contribution in [0.2, 0.25) is 0 Å². The van der Waals surface area contributed by atoms with Gasteiger partial charge in [-0.15, -0.1) is 0 Å². The van der Waals surface area contributed by atoms with Crippen LogP contribution in [-0.4, -0.2) is 29.9 Å². The summed E-state index contributed by atoms with van der Waals surface area (Å²) in [4.78, 5) is 8.22. The van der Waals surface area contributed by atoms with E-state index in [0.717, 1.165) is 5.69 Å². The normalized spacial score (nSPS) is 13.6. The first-order chi connectivity index (χ1) is 7.94. The maximum Gasteiger partial charge on any atom is 0.150 e. The van der Waals surface area contributed by atoms with Gasteiger partial charge in [0.2, 0.25) is 0 Å². The standard InChI is InChI=1S/C11H19N3O2S/c1-3-17(15,16)8-4-5-10(12)11-6-7-13-9(2)14-11/h6-7,10H,3-5,8,12H2,1-2H3. The second-order valence-corrected chi connectivity index (χ2v) is 6.49. The molecule has 6 heteroatoms. The smallest absolute Gasteiger partial charge is 0.150 e. The molecule has 0 saturated carbocycles. The zero-order chi connectivity index (χ0) is 12.9. The summed E-state index contributed by atoms with van der Waals surface area (Å²) < 4.78 is 22.6. The van der Waals surface area contributed by atoms with E-state index < -0.39 is 9.84 Å². The maximum atomic E-state index is 11.3. The fraction of sp³-hybridized carbons (Fsp3) is 0.636. The van der Waals surface area contributed by atoms with Crippen LogP contribution in [0.1, 0.15) is 37.3 Å². The number of aromatic nitrogens is 2. The molecule has 0 aliphatic rings. The lowest BCUT2D eigenvalue weighted by Gasteiger charge is -2.10. The second kappa shape index (κ2) is 6.07. The fourth-order valence-electron chi connectivity index (χ4n) is 1.50. The highest BCUT2D eigenvalue weighted by molar-refractivity contribution is 7.91. The van der Waals surface area contributed by atoms with Crippen molar-refractivity contribution >= 4 is 9.84 Å². The lowest BCUT2D eigenvalue weighted by molar-refractivity contribution is 0.579. The first-order valence-corrected chi connectivity index (χ1v) is 7.52. The van der Waals surface area contributed by atoms with Crippen molar-refractivity contribution in [3.8, 4) is 0 Å². The van der Waals surface area contributed by atoms with Gasteiger partial charge in [-0.3, -0.25) is 0 Å². The van der Waals surface area contributed by atoms with Gasteiger partial charge < -0.3 is 5.73 Å². The molecule has 0 aliphatic heterocycles. The molecule has 17 heavy (non-hydrogen) atoms. The van der Waals surface area contributed by atoms with E-state index in [2.05, 4.69) is 9.97 Å². The van der Waals surface area contributed by atoms with Crippen molar-refractivity contribution in [2.45, 2.75) is 32.7 Å². The molecular formula is C11H19N3O2S. The van der Waals surface area contributed by atoms with Crippen molar-refractivity contribution in [2.75, 3.05) is 11.5 Å². The number of aryl methyl sites for hydroxylation is 1. The van der Waals surface area contributed by atoms with E-state index in [-0.39, 0.29) is 17.5 Å².